The third-order valence-corrected chi connectivity index (χ3v) is 3.07. The Hall–Kier alpha value is -1.54. The van der Waals surface area contributed by atoms with Crippen molar-refractivity contribution in [3.05, 3.63) is 47.8 Å². The second kappa shape index (κ2) is 5.69. The summed E-state index contributed by atoms with van der Waals surface area (Å²) in [6, 6.07) is 10.5. The van der Waals surface area contributed by atoms with Crippen molar-refractivity contribution in [3.63, 3.8) is 0 Å². The standard InChI is InChI=1S/C15H19NO/c1-12-14(9-6-10-17-2)15(11-16-12)13-7-4-3-5-8-13/h3-5,7-8,11,16H,6,9-10H2,1-2H3. The lowest BCUT2D eigenvalue weighted by molar-refractivity contribution is 0.195. The molecule has 1 aromatic carbocycles. The van der Waals surface area contributed by atoms with E-state index in [0.717, 1.165) is 19.4 Å². The zero-order chi connectivity index (χ0) is 12.1. The third-order valence-electron chi connectivity index (χ3n) is 3.07. The van der Waals surface area contributed by atoms with Crippen molar-refractivity contribution in [2.45, 2.75) is 19.8 Å². The second-order valence-corrected chi connectivity index (χ2v) is 4.27. The molecule has 0 atom stereocenters. The maximum absolute atomic E-state index is 5.12. The summed E-state index contributed by atoms with van der Waals surface area (Å²) in [6.07, 6.45) is 4.23. The number of benzene rings is 1. The van der Waals surface area contributed by atoms with Crippen LogP contribution in [0.2, 0.25) is 0 Å². The van der Waals surface area contributed by atoms with Crippen LogP contribution in [0.5, 0.6) is 0 Å². The van der Waals surface area contributed by atoms with E-state index in [0.29, 0.717) is 0 Å². The second-order valence-electron chi connectivity index (χ2n) is 4.27. The van der Waals surface area contributed by atoms with Crippen LogP contribution in [0.3, 0.4) is 0 Å². The van der Waals surface area contributed by atoms with Crippen molar-refractivity contribution in [3.8, 4) is 11.1 Å². The number of H-pyrrole nitrogens is 1. The van der Waals surface area contributed by atoms with Crippen molar-refractivity contribution in [2.24, 2.45) is 0 Å². The Bertz CT molecular complexity index is 459. The SMILES string of the molecule is COCCCc1c(-c2ccccc2)c[nH]c1C. The van der Waals surface area contributed by atoms with Crippen molar-refractivity contribution in [1.82, 2.24) is 4.98 Å². The van der Waals surface area contributed by atoms with Crippen LogP contribution in [0.4, 0.5) is 0 Å². The Morgan fingerprint density at radius 2 is 1.94 bits per heavy atom. The quantitative estimate of drug-likeness (QED) is 0.779. The van der Waals surface area contributed by atoms with Crippen LogP contribution >= 0.6 is 0 Å². The first-order chi connectivity index (χ1) is 8.33. The third kappa shape index (κ3) is 2.77. The molecule has 1 aromatic heterocycles. The molecule has 1 N–H and O–H groups in total. The van der Waals surface area contributed by atoms with Gasteiger partial charge in [0, 0.05) is 31.2 Å². The van der Waals surface area contributed by atoms with Crippen LogP contribution in [0.15, 0.2) is 36.5 Å². The Balaban J connectivity index is 2.23. The minimum Gasteiger partial charge on any atom is -0.385 e. The molecule has 17 heavy (non-hydrogen) atoms. The van der Waals surface area contributed by atoms with Crippen LogP contribution in [-0.4, -0.2) is 18.7 Å². The molecule has 0 saturated heterocycles. The zero-order valence-corrected chi connectivity index (χ0v) is 10.5. The molecule has 0 amide bonds. The van der Waals surface area contributed by atoms with Crippen molar-refractivity contribution in [2.75, 3.05) is 13.7 Å². The Morgan fingerprint density at radius 3 is 2.65 bits per heavy atom. The maximum Gasteiger partial charge on any atom is 0.0465 e. The number of rotatable bonds is 5. The molecule has 0 unspecified atom stereocenters. The number of hydrogen-bond donors (Lipinski definition) is 1. The Morgan fingerprint density at radius 1 is 1.18 bits per heavy atom. The molecule has 0 fully saturated rings. The lowest BCUT2D eigenvalue weighted by Gasteiger charge is -2.05. The van der Waals surface area contributed by atoms with Gasteiger partial charge in [0.15, 0.2) is 0 Å². The van der Waals surface area contributed by atoms with E-state index < -0.39 is 0 Å². The van der Waals surface area contributed by atoms with Gasteiger partial charge in [-0.3, -0.25) is 0 Å². The molecule has 2 rings (SSSR count). The minimum absolute atomic E-state index is 0.818. The van der Waals surface area contributed by atoms with E-state index in [1.807, 2.05) is 6.07 Å². The van der Waals surface area contributed by atoms with Crippen molar-refractivity contribution in [1.29, 1.82) is 0 Å². The highest BCUT2D eigenvalue weighted by Gasteiger charge is 2.09. The highest BCUT2D eigenvalue weighted by Crippen LogP contribution is 2.26. The smallest absolute Gasteiger partial charge is 0.0465 e. The van der Waals surface area contributed by atoms with E-state index in [4.69, 9.17) is 4.74 Å². The van der Waals surface area contributed by atoms with Crippen LogP contribution in [0.1, 0.15) is 17.7 Å². The van der Waals surface area contributed by atoms with E-state index in [1.54, 1.807) is 7.11 Å². The zero-order valence-electron chi connectivity index (χ0n) is 10.5. The predicted octanol–water partition coefficient (Wildman–Crippen LogP) is 3.57. The summed E-state index contributed by atoms with van der Waals surface area (Å²) < 4.78 is 5.12. The predicted molar refractivity (Wildman–Crippen MR) is 71.2 cm³/mol. The summed E-state index contributed by atoms with van der Waals surface area (Å²) in [7, 11) is 1.75. The number of nitrogens with one attached hydrogen (secondary N) is 1. The van der Waals surface area contributed by atoms with Gasteiger partial charge in [-0.2, -0.15) is 0 Å². The molecule has 0 aliphatic heterocycles. The number of aromatic amines is 1. The summed E-state index contributed by atoms with van der Waals surface area (Å²) in [4.78, 5) is 3.32. The molecular weight excluding hydrogens is 210 g/mol. The first-order valence-electron chi connectivity index (χ1n) is 6.04. The summed E-state index contributed by atoms with van der Waals surface area (Å²) in [5.41, 5.74) is 5.27. The lowest BCUT2D eigenvalue weighted by atomic mass is 10.00. The van der Waals surface area contributed by atoms with Crippen LogP contribution in [-0.2, 0) is 11.2 Å². The molecule has 0 radical (unpaired) electrons. The fourth-order valence-corrected chi connectivity index (χ4v) is 2.15. The largest absolute Gasteiger partial charge is 0.385 e. The van der Waals surface area contributed by atoms with Gasteiger partial charge in [-0.05, 0) is 30.9 Å². The number of aryl methyl sites for hydroxylation is 1. The Labute approximate surface area is 103 Å². The number of methoxy groups -OCH3 is 1. The molecule has 2 heteroatoms. The average molecular weight is 229 g/mol. The normalized spacial score (nSPS) is 10.7. The molecule has 0 aliphatic rings. The molecule has 2 nitrogen and oxygen atoms in total. The molecular formula is C15H19NO. The number of aromatic nitrogens is 1. The summed E-state index contributed by atoms with van der Waals surface area (Å²) in [5.74, 6) is 0. The highest BCUT2D eigenvalue weighted by molar-refractivity contribution is 5.68. The fraction of sp³-hybridized carbons (Fsp3) is 0.333. The lowest BCUT2D eigenvalue weighted by Crippen LogP contribution is -1.94. The molecule has 1 heterocycles. The molecule has 0 bridgehead atoms. The maximum atomic E-state index is 5.12. The Kier molecular flexibility index (Phi) is 3.99. The van der Waals surface area contributed by atoms with E-state index >= 15 is 0 Å². The highest BCUT2D eigenvalue weighted by atomic mass is 16.5. The molecule has 0 spiro atoms. The van der Waals surface area contributed by atoms with Gasteiger partial charge in [-0.15, -0.1) is 0 Å². The van der Waals surface area contributed by atoms with E-state index in [-0.39, 0.29) is 0 Å². The first-order valence-corrected chi connectivity index (χ1v) is 6.04. The monoisotopic (exact) mass is 229 g/mol. The van der Waals surface area contributed by atoms with Gasteiger partial charge in [-0.25, -0.2) is 0 Å². The topological polar surface area (TPSA) is 25.0 Å². The van der Waals surface area contributed by atoms with Gasteiger partial charge in [0.2, 0.25) is 0 Å². The molecule has 2 aromatic rings. The van der Waals surface area contributed by atoms with Crippen molar-refractivity contribution >= 4 is 0 Å². The van der Waals surface area contributed by atoms with Crippen LogP contribution in [0.25, 0.3) is 11.1 Å². The van der Waals surface area contributed by atoms with Crippen LogP contribution < -0.4 is 0 Å². The summed E-state index contributed by atoms with van der Waals surface area (Å²) in [5, 5.41) is 0. The van der Waals surface area contributed by atoms with E-state index in [9.17, 15) is 0 Å². The van der Waals surface area contributed by atoms with Gasteiger partial charge in [0.05, 0.1) is 0 Å². The average Bonchev–Trinajstić information content (AvgIpc) is 2.73. The number of ether oxygens (including phenoxy) is 1. The van der Waals surface area contributed by atoms with Gasteiger partial charge < -0.3 is 9.72 Å². The van der Waals surface area contributed by atoms with Gasteiger partial charge in [-0.1, -0.05) is 30.3 Å². The van der Waals surface area contributed by atoms with E-state index in [1.165, 1.54) is 22.4 Å². The minimum atomic E-state index is 0.818. The summed E-state index contributed by atoms with van der Waals surface area (Å²) in [6.45, 7) is 2.95. The molecule has 0 aliphatic carbocycles. The fourth-order valence-electron chi connectivity index (χ4n) is 2.15. The van der Waals surface area contributed by atoms with Crippen molar-refractivity contribution < 1.29 is 4.74 Å². The number of hydrogen-bond acceptors (Lipinski definition) is 1. The van der Waals surface area contributed by atoms with E-state index in [2.05, 4.69) is 42.4 Å². The molecule has 90 valence electrons. The first kappa shape index (κ1) is 11.9. The van der Waals surface area contributed by atoms with Gasteiger partial charge in [0.25, 0.3) is 0 Å². The van der Waals surface area contributed by atoms with Crippen LogP contribution in [0, 0.1) is 6.92 Å². The molecule has 0 saturated carbocycles. The van der Waals surface area contributed by atoms with Gasteiger partial charge in [0.1, 0.15) is 0 Å². The van der Waals surface area contributed by atoms with Gasteiger partial charge >= 0.3 is 0 Å². The summed E-state index contributed by atoms with van der Waals surface area (Å²) >= 11 is 0.